The van der Waals surface area contributed by atoms with Crippen LogP contribution in [0.1, 0.15) is 41.0 Å². The summed E-state index contributed by atoms with van der Waals surface area (Å²) < 4.78 is 59.4. The number of sulfonamides is 1. The van der Waals surface area contributed by atoms with Gasteiger partial charge in [0.25, 0.3) is 0 Å². The lowest BCUT2D eigenvalue weighted by molar-refractivity contribution is -0.156. The Hall–Kier alpha value is -2.53. The summed E-state index contributed by atoms with van der Waals surface area (Å²) >= 11 is 0. The molecule has 0 saturated heterocycles. The van der Waals surface area contributed by atoms with Gasteiger partial charge in [-0.2, -0.15) is 4.72 Å². The van der Waals surface area contributed by atoms with Gasteiger partial charge in [0, 0.05) is 0 Å². The molecule has 0 radical (unpaired) electrons. The Kier molecular flexibility index (Phi) is 9.04. The average Bonchev–Trinajstić information content (AvgIpc) is 2.78. The number of halogens is 1. The van der Waals surface area contributed by atoms with Crippen molar-refractivity contribution in [2.24, 2.45) is 0 Å². The van der Waals surface area contributed by atoms with Gasteiger partial charge in [-0.3, -0.25) is 0 Å². The predicted molar refractivity (Wildman–Crippen MR) is 136 cm³/mol. The van der Waals surface area contributed by atoms with Gasteiger partial charge in [0.2, 0.25) is 10.0 Å². The molecular formula is C25H34FNO6SSi. The second-order valence-corrected chi connectivity index (χ2v) is 14.3. The fourth-order valence-corrected chi connectivity index (χ4v) is 5.83. The number of hydrogen-bond acceptors (Lipinski definition) is 6. The zero-order valence-corrected chi connectivity index (χ0v) is 23.3. The van der Waals surface area contributed by atoms with Gasteiger partial charge in [-0.1, -0.05) is 26.8 Å². The van der Waals surface area contributed by atoms with Crippen molar-refractivity contribution in [2.75, 3.05) is 7.11 Å². The van der Waals surface area contributed by atoms with Gasteiger partial charge < -0.3 is 13.9 Å². The van der Waals surface area contributed by atoms with Crippen LogP contribution < -0.4 is 9.46 Å². The van der Waals surface area contributed by atoms with E-state index in [9.17, 15) is 17.6 Å². The van der Waals surface area contributed by atoms with E-state index in [1.807, 2.05) is 20.8 Å². The van der Waals surface area contributed by atoms with E-state index in [1.54, 1.807) is 13.8 Å². The zero-order valence-electron chi connectivity index (χ0n) is 21.1. The van der Waals surface area contributed by atoms with E-state index in [0.717, 1.165) is 0 Å². The number of benzene rings is 2. The molecule has 0 saturated carbocycles. The first-order valence-corrected chi connectivity index (χ1v) is 13.8. The van der Waals surface area contributed by atoms with Crippen molar-refractivity contribution in [3.05, 3.63) is 67.0 Å². The average molecular weight is 524 g/mol. The molecule has 192 valence electrons. The monoisotopic (exact) mass is 523 g/mol. The Morgan fingerprint density at radius 1 is 1.03 bits per heavy atom. The van der Waals surface area contributed by atoms with Gasteiger partial charge >= 0.3 is 5.97 Å². The maximum Gasteiger partial charge on any atom is 0.330 e. The van der Waals surface area contributed by atoms with E-state index in [1.165, 1.54) is 61.7 Å². The van der Waals surface area contributed by atoms with E-state index < -0.39 is 42.7 Å². The number of nitrogens with one attached hydrogen (secondary N) is 1. The Bertz CT molecular complexity index is 1130. The molecule has 2 rings (SSSR count). The van der Waals surface area contributed by atoms with E-state index in [4.69, 9.17) is 13.9 Å². The van der Waals surface area contributed by atoms with Gasteiger partial charge in [-0.05, 0) is 73.8 Å². The molecular weight excluding hydrogens is 489 g/mol. The van der Waals surface area contributed by atoms with Crippen LogP contribution in [0.15, 0.2) is 66.1 Å². The number of ether oxygens (including phenoxy) is 2. The molecule has 35 heavy (non-hydrogen) atoms. The summed E-state index contributed by atoms with van der Waals surface area (Å²) in [5.74, 6) is -0.404. The molecule has 1 N–H and O–H groups in total. The lowest BCUT2D eigenvalue weighted by atomic mass is 9.80. The smallest absolute Gasteiger partial charge is 0.330 e. The van der Waals surface area contributed by atoms with Gasteiger partial charge in [0.05, 0.1) is 17.6 Å². The van der Waals surface area contributed by atoms with E-state index in [2.05, 4.69) is 11.3 Å². The van der Waals surface area contributed by atoms with Crippen LogP contribution in [0.5, 0.6) is 11.5 Å². The molecule has 0 aliphatic carbocycles. The normalized spacial score (nSPS) is 14.5. The molecule has 7 nitrogen and oxygen atoms in total. The SMILES string of the molecule is C=CC[C@](NS(=O)(=O)c1ccc(Oc2ccc(F)cc2)cc1)(C(=O)OC)C(C)(C)O[SiH2]C(C)(C)C. The Balaban J connectivity index is 2.39. The Morgan fingerprint density at radius 3 is 2.00 bits per heavy atom. The molecule has 0 fully saturated rings. The summed E-state index contributed by atoms with van der Waals surface area (Å²) in [6.45, 7) is 13.2. The van der Waals surface area contributed by atoms with Gasteiger partial charge in [0.15, 0.2) is 15.3 Å². The first-order valence-electron chi connectivity index (χ1n) is 11.1. The summed E-state index contributed by atoms with van der Waals surface area (Å²) in [5.41, 5.74) is -2.98. The fourth-order valence-electron chi connectivity index (χ4n) is 3.31. The topological polar surface area (TPSA) is 90.9 Å². The van der Waals surface area contributed by atoms with Crippen LogP contribution in [0.4, 0.5) is 4.39 Å². The summed E-state index contributed by atoms with van der Waals surface area (Å²) in [6, 6.07) is 11.1. The summed E-state index contributed by atoms with van der Waals surface area (Å²) in [5, 5.41) is -0.0907. The zero-order chi connectivity index (χ0) is 26.5. The van der Waals surface area contributed by atoms with Crippen LogP contribution in [0.3, 0.4) is 0 Å². The number of hydrogen-bond donors (Lipinski definition) is 1. The van der Waals surface area contributed by atoms with E-state index >= 15 is 0 Å². The molecule has 0 aliphatic heterocycles. The van der Waals surface area contributed by atoms with Crippen molar-refractivity contribution in [1.82, 2.24) is 4.72 Å². The second-order valence-electron chi connectivity index (χ2n) is 9.88. The third-order valence-electron chi connectivity index (χ3n) is 5.37. The summed E-state index contributed by atoms with van der Waals surface area (Å²) in [6.07, 6.45) is 1.42. The van der Waals surface area contributed by atoms with Crippen molar-refractivity contribution < 1.29 is 31.5 Å². The highest BCUT2D eigenvalue weighted by Gasteiger charge is 2.55. The largest absolute Gasteiger partial charge is 0.468 e. The van der Waals surface area contributed by atoms with Crippen LogP contribution in [-0.2, 0) is 24.0 Å². The number of carbonyl (C=O) groups excluding carboxylic acids is 1. The van der Waals surface area contributed by atoms with Crippen LogP contribution in [0.2, 0.25) is 5.04 Å². The third-order valence-corrected chi connectivity index (χ3v) is 8.61. The van der Waals surface area contributed by atoms with Crippen molar-refractivity contribution >= 4 is 25.8 Å². The van der Waals surface area contributed by atoms with Crippen LogP contribution >= 0.6 is 0 Å². The highest BCUT2D eigenvalue weighted by Crippen LogP contribution is 2.35. The Labute approximate surface area is 209 Å². The third kappa shape index (κ3) is 7.23. The van der Waals surface area contributed by atoms with Gasteiger partial charge in [0.1, 0.15) is 17.3 Å². The molecule has 10 heteroatoms. The predicted octanol–water partition coefficient (Wildman–Crippen LogP) is 4.48. The number of esters is 1. The van der Waals surface area contributed by atoms with Gasteiger partial charge in [-0.25, -0.2) is 17.6 Å². The van der Waals surface area contributed by atoms with E-state index in [0.29, 0.717) is 11.5 Å². The van der Waals surface area contributed by atoms with E-state index in [-0.39, 0.29) is 16.4 Å². The standard InChI is InChI=1S/C25H34FNO6SSi/c1-8-17-25(22(28)31-7,24(5,6)33-35-23(2,3)4)27-34(29,30)21-15-13-20(14-16-21)32-19-11-9-18(26)10-12-19/h8-16,27H,1,17,35H2,2-7H3/t25-/m0/s1. The molecule has 0 aromatic heterocycles. The van der Waals surface area contributed by atoms with Crippen LogP contribution in [-0.4, -0.2) is 42.4 Å². The van der Waals surface area contributed by atoms with Gasteiger partial charge in [-0.15, -0.1) is 6.58 Å². The molecule has 2 aromatic carbocycles. The maximum atomic E-state index is 13.4. The number of methoxy groups -OCH3 is 1. The highest BCUT2D eigenvalue weighted by molar-refractivity contribution is 7.89. The first-order chi connectivity index (χ1) is 16.2. The van der Waals surface area contributed by atoms with Crippen molar-refractivity contribution in [3.63, 3.8) is 0 Å². The van der Waals surface area contributed by atoms with Crippen LogP contribution in [0.25, 0.3) is 0 Å². The summed E-state index contributed by atoms with van der Waals surface area (Å²) in [7, 11) is -4.15. The Morgan fingerprint density at radius 2 is 1.54 bits per heavy atom. The minimum atomic E-state index is -4.20. The van der Waals surface area contributed by atoms with Crippen molar-refractivity contribution in [3.8, 4) is 11.5 Å². The lowest BCUT2D eigenvalue weighted by Gasteiger charge is -2.45. The molecule has 0 heterocycles. The molecule has 0 aliphatic rings. The molecule has 0 amide bonds. The first kappa shape index (κ1) is 28.7. The highest BCUT2D eigenvalue weighted by atomic mass is 32.2. The van der Waals surface area contributed by atoms with Crippen molar-refractivity contribution in [1.29, 1.82) is 0 Å². The molecule has 2 aromatic rings. The maximum absolute atomic E-state index is 13.4. The van der Waals surface area contributed by atoms with Crippen LogP contribution in [0, 0.1) is 5.82 Å². The fraction of sp³-hybridized carbons (Fsp3) is 0.400. The second kappa shape index (κ2) is 11.0. The summed E-state index contributed by atoms with van der Waals surface area (Å²) in [4.78, 5) is 13.0. The quantitative estimate of drug-likeness (QED) is 0.265. The van der Waals surface area contributed by atoms with Crippen molar-refractivity contribution in [2.45, 2.75) is 62.1 Å². The molecule has 0 bridgehead atoms. The molecule has 0 unspecified atom stereocenters. The minimum absolute atomic E-state index is 0.0454. The molecule has 0 spiro atoms. The number of rotatable bonds is 11. The molecule has 1 atom stereocenters. The number of carbonyl (C=O) groups is 1. The lowest BCUT2D eigenvalue weighted by Crippen LogP contribution is -2.68. The minimum Gasteiger partial charge on any atom is -0.468 e.